The number of halogens is 4. The average Bonchev–Trinajstić information content (AvgIpc) is 3.13. The van der Waals surface area contributed by atoms with E-state index in [4.69, 9.17) is 11.6 Å². The van der Waals surface area contributed by atoms with E-state index in [0.717, 1.165) is 18.0 Å². The average molecular weight is 459 g/mol. The van der Waals surface area contributed by atoms with Gasteiger partial charge in [0.2, 0.25) is 0 Å². The van der Waals surface area contributed by atoms with Crippen molar-refractivity contribution in [3.63, 3.8) is 0 Å². The summed E-state index contributed by atoms with van der Waals surface area (Å²) in [5.41, 5.74) is 1.22. The van der Waals surface area contributed by atoms with Gasteiger partial charge in [0.1, 0.15) is 0 Å². The van der Waals surface area contributed by atoms with Gasteiger partial charge < -0.3 is 15.5 Å². The fourth-order valence-electron chi connectivity index (χ4n) is 4.61. The zero-order valence-electron chi connectivity index (χ0n) is 16.2. The third-order valence-electron chi connectivity index (χ3n) is 5.95. The minimum atomic E-state index is -0.0375. The minimum Gasteiger partial charge on any atom is -0.312 e. The van der Waals surface area contributed by atoms with Gasteiger partial charge in [-0.1, -0.05) is 42.6 Å². The standard InChI is InChI=1S/C20H32ClN3.3ClH/c1-22-20(17-9-2-3-10-18(17)21)12-5-4-11-19(20)23-13-8-16-24-14-6-7-15-24;;;/h2-3,9-10,19,22-23H,4-8,11-16H2,1H3;3*1H/t19-,20+;;;/m0.../s1. The van der Waals surface area contributed by atoms with Crippen LogP contribution in [0.25, 0.3) is 0 Å². The Labute approximate surface area is 188 Å². The van der Waals surface area contributed by atoms with Crippen molar-refractivity contribution < 1.29 is 0 Å². The molecule has 0 amide bonds. The van der Waals surface area contributed by atoms with E-state index in [1.165, 1.54) is 63.7 Å². The zero-order valence-corrected chi connectivity index (χ0v) is 19.4. The highest BCUT2D eigenvalue weighted by Gasteiger charge is 2.41. The molecule has 1 heterocycles. The van der Waals surface area contributed by atoms with Crippen molar-refractivity contribution in [2.45, 2.75) is 56.5 Å². The van der Waals surface area contributed by atoms with Gasteiger partial charge in [0.05, 0.1) is 5.54 Å². The predicted octanol–water partition coefficient (Wildman–Crippen LogP) is 5.04. The number of benzene rings is 1. The summed E-state index contributed by atoms with van der Waals surface area (Å²) in [6.07, 6.45) is 8.93. The van der Waals surface area contributed by atoms with E-state index in [-0.39, 0.29) is 42.8 Å². The Morgan fingerprint density at radius 3 is 2.44 bits per heavy atom. The Morgan fingerprint density at radius 2 is 1.78 bits per heavy atom. The first kappa shape index (κ1) is 27.3. The Kier molecular flexibility index (Phi) is 13.6. The fraction of sp³-hybridized carbons (Fsp3) is 0.700. The number of hydrogen-bond acceptors (Lipinski definition) is 3. The summed E-state index contributed by atoms with van der Waals surface area (Å²) < 4.78 is 0. The lowest BCUT2D eigenvalue weighted by Crippen LogP contribution is -2.58. The van der Waals surface area contributed by atoms with E-state index in [1.807, 2.05) is 12.1 Å². The smallest absolute Gasteiger partial charge is 0.0602 e. The number of likely N-dealkylation sites (N-methyl/N-ethyl adjacent to an activating group) is 1. The summed E-state index contributed by atoms with van der Waals surface area (Å²) in [7, 11) is 2.09. The van der Waals surface area contributed by atoms with Crippen LogP contribution >= 0.6 is 48.8 Å². The van der Waals surface area contributed by atoms with Crippen LogP contribution in [-0.2, 0) is 5.54 Å². The molecular weight excluding hydrogens is 424 g/mol. The second-order valence-electron chi connectivity index (χ2n) is 7.36. The molecule has 158 valence electrons. The number of likely N-dealkylation sites (tertiary alicyclic amines) is 1. The maximum atomic E-state index is 6.56. The van der Waals surface area contributed by atoms with Gasteiger partial charge in [-0.05, 0) is 77.0 Å². The molecule has 2 N–H and O–H groups in total. The molecule has 0 spiro atoms. The van der Waals surface area contributed by atoms with Crippen molar-refractivity contribution >= 4 is 48.8 Å². The first-order valence-corrected chi connectivity index (χ1v) is 10.0. The van der Waals surface area contributed by atoms with Crippen molar-refractivity contribution in [3.05, 3.63) is 34.9 Å². The zero-order chi connectivity index (χ0) is 16.8. The summed E-state index contributed by atoms with van der Waals surface area (Å²) in [5.74, 6) is 0. The van der Waals surface area contributed by atoms with Gasteiger partial charge in [0.25, 0.3) is 0 Å². The Hall–Kier alpha value is 0.260. The molecule has 1 saturated heterocycles. The van der Waals surface area contributed by atoms with E-state index in [9.17, 15) is 0 Å². The summed E-state index contributed by atoms with van der Waals surface area (Å²) in [6.45, 7) is 4.92. The van der Waals surface area contributed by atoms with Crippen molar-refractivity contribution in [2.24, 2.45) is 0 Å². The third kappa shape index (κ3) is 6.64. The van der Waals surface area contributed by atoms with E-state index in [0.29, 0.717) is 6.04 Å². The van der Waals surface area contributed by atoms with Crippen molar-refractivity contribution in [2.75, 3.05) is 33.2 Å². The summed E-state index contributed by atoms with van der Waals surface area (Å²) in [5, 5.41) is 8.40. The fourth-order valence-corrected chi connectivity index (χ4v) is 4.92. The molecule has 2 aliphatic rings. The number of nitrogens with one attached hydrogen (secondary N) is 2. The molecule has 2 atom stereocenters. The minimum absolute atomic E-state index is 0. The highest BCUT2D eigenvalue weighted by Crippen LogP contribution is 2.40. The van der Waals surface area contributed by atoms with Gasteiger partial charge in [-0.15, -0.1) is 37.2 Å². The monoisotopic (exact) mass is 457 g/mol. The molecule has 1 aromatic carbocycles. The third-order valence-corrected chi connectivity index (χ3v) is 6.28. The lowest BCUT2D eigenvalue weighted by Gasteiger charge is -2.45. The van der Waals surface area contributed by atoms with Gasteiger partial charge in [0.15, 0.2) is 0 Å². The molecule has 0 aromatic heterocycles. The molecular formula is C20H35Cl4N3. The quantitative estimate of drug-likeness (QED) is 0.560. The Balaban J connectivity index is 0.00000225. The molecule has 1 aliphatic heterocycles. The van der Waals surface area contributed by atoms with Gasteiger partial charge in [-0.25, -0.2) is 0 Å². The molecule has 27 heavy (non-hydrogen) atoms. The SMILES string of the molecule is CN[C@@]1(c2ccccc2Cl)CCCC[C@@H]1NCCCN1CCCC1.Cl.Cl.Cl. The van der Waals surface area contributed by atoms with E-state index in [2.05, 4.69) is 34.7 Å². The Morgan fingerprint density at radius 1 is 1.07 bits per heavy atom. The van der Waals surface area contributed by atoms with Crippen LogP contribution in [0.3, 0.4) is 0 Å². The lowest BCUT2D eigenvalue weighted by molar-refractivity contribution is 0.176. The highest BCUT2D eigenvalue weighted by molar-refractivity contribution is 6.31. The lowest BCUT2D eigenvalue weighted by atomic mass is 9.72. The first-order chi connectivity index (χ1) is 11.8. The normalized spacial score (nSPS) is 25.2. The van der Waals surface area contributed by atoms with Crippen molar-refractivity contribution in [1.82, 2.24) is 15.5 Å². The van der Waals surface area contributed by atoms with Crippen LogP contribution in [0, 0.1) is 0 Å². The number of nitrogens with zero attached hydrogens (tertiary/aromatic N) is 1. The van der Waals surface area contributed by atoms with E-state index in [1.54, 1.807) is 0 Å². The van der Waals surface area contributed by atoms with Crippen LogP contribution in [-0.4, -0.2) is 44.2 Å². The molecule has 2 fully saturated rings. The van der Waals surface area contributed by atoms with E-state index >= 15 is 0 Å². The molecule has 1 saturated carbocycles. The van der Waals surface area contributed by atoms with Crippen LogP contribution in [0.1, 0.15) is 50.5 Å². The molecule has 0 bridgehead atoms. The first-order valence-electron chi connectivity index (χ1n) is 9.66. The number of rotatable bonds is 7. The van der Waals surface area contributed by atoms with Crippen LogP contribution in [0.5, 0.6) is 0 Å². The second kappa shape index (κ2) is 13.5. The van der Waals surface area contributed by atoms with Gasteiger partial charge in [-0.2, -0.15) is 0 Å². The summed E-state index contributed by atoms with van der Waals surface area (Å²) in [6, 6.07) is 8.81. The van der Waals surface area contributed by atoms with Crippen LogP contribution in [0.15, 0.2) is 24.3 Å². The largest absolute Gasteiger partial charge is 0.312 e. The van der Waals surface area contributed by atoms with Crippen molar-refractivity contribution in [3.8, 4) is 0 Å². The summed E-state index contributed by atoms with van der Waals surface area (Å²) >= 11 is 6.56. The predicted molar refractivity (Wildman–Crippen MR) is 124 cm³/mol. The highest BCUT2D eigenvalue weighted by atomic mass is 35.5. The van der Waals surface area contributed by atoms with Gasteiger partial charge >= 0.3 is 0 Å². The van der Waals surface area contributed by atoms with Gasteiger partial charge in [-0.3, -0.25) is 0 Å². The molecule has 1 aromatic rings. The van der Waals surface area contributed by atoms with Crippen LogP contribution in [0.4, 0.5) is 0 Å². The van der Waals surface area contributed by atoms with Crippen molar-refractivity contribution in [1.29, 1.82) is 0 Å². The van der Waals surface area contributed by atoms with Gasteiger partial charge in [0, 0.05) is 11.1 Å². The molecule has 7 heteroatoms. The molecule has 1 aliphatic carbocycles. The molecule has 3 rings (SSSR count). The number of hydrogen-bond donors (Lipinski definition) is 2. The van der Waals surface area contributed by atoms with E-state index < -0.39 is 0 Å². The molecule has 0 radical (unpaired) electrons. The summed E-state index contributed by atoms with van der Waals surface area (Å²) in [4.78, 5) is 2.60. The second-order valence-corrected chi connectivity index (χ2v) is 7.76. The van der Waals surface area contributed by atoms with Crippen LogP contribution < -0.4 is 10.6 Å². The maximum Gasteiger partial charge on any atom is 0.0602 e. The molecule has 0 unspecified atom stereocenters. The van der Waals surface area contributed by atoms with Crippen LogP contribution in [0.2, 0.25) is 5.02 Å². The maximum absolute atomic E-state index is 6.56. The topological polar surface area (TPSA) is 27.3 Å². The molecule has 3 nitrogen and oxygen atoms in total. The Bertz CT molecular complexity index is 526.